The van der Waals surface area contributed by atoms with Gasteiger partial charge in [-0.05, 0) is 57.9 Å². The van der Waals surface area contributed by atoms with Gasteiger partial charge in [-0.2, -0.15) is 0 Å². The summed E-state index contributed by atoms with van der Waals surface area (Å²) >= 11 is 0. The van der Waals surface area contributed by atoms with Crippen molar-refractivity contribution in [1.29, 1.82) is 0 Å². The maximum atomic E-state index is 13.1. The number of hydrogen-bond donors (Lipinski definition) is 0. The fraction of sp³-hybridized carbons (Fsp3) is 0.409. The lowest BCUT2D eigenvalue weighted by atomic mass is 10.1. The van der Waals surface area contributed by atoms with Crippen LogP contribution in [0.25, 0.3) is 17.0 Å². The minimum atomic E-state index is 0.0913. The third-order valence-corrected chi connectivity index (χ3v) is 5.42. The topological polar surface area (TPSA) is 57.0 Å². The van der Waals surface area contributed by atoms with Crippen molar-refractivity contribution in [3.05, 3.63) is 54.2 Å². The monoisotopic (exact) mass is 392 g/mol. The lowest BCUT2D eigenvalue weighted by Crippen LogP contribution is -2.49. The summed E-state index contributed by atoms with van der Waals surface area (Å²) in [7, 11) is 4.21. The van der Waals surface area contributed by atoms with E-state index >= 15 is 0 Å². The normalized spacial score (nSPS) is 15.3. The van der Waals surface area contributed by atoms with Crippen LogP contribution in [0.4, 0.5) is 0 Å². The van der Waals surface area contributed by atoms with Crippen LogP contribution in [-0.2, 0) is 0 Å². The Kier molecular flexibility index (Phi) is 5.87. The van der Waals surface area contributed by atoms with Gasteiger partial charge in [0, 0.05) is 43.5 Å². The first-order valence-electron chi connectivity index (χ1n) is 10.2. The SMILES string of the molecule is CN(C)CCCN1CCN(C(=O)c2cccc(-c3nnc4ccccn34)c2)CC1. The van der Waals surface area contributed by atoms with Crippen LogP contribution in [0.2, 0.25) is 0 Å². The van der Waals surface area contributed by atoms with Crippen molar-refractivity contribution in [2.24, 2.45) is 0 Å². The molecule has 1 fully saturated rings. The summed E-state index contributed by atoms with van der Waals surface area (Å²) in [5.41, 5.74) is 2.40. The third-order valence-electron chi connectivity index (χ3n) is 5.42. The van der Waals surface area contributed by atoms with E-state index in [1.807, 2.05) is 58.0 Å². The van der Waals surface area contributed by atoms with E-state index in [9.17, 15) is 4.79 Å². The molecular formula is C22H28N6O. The van der Waals surface area contributed by atoms with E-state index < -0.39 is 0 Å². The number of pyridine rings is 1. The first-order valence-corrected chi connectivity index (χ1v) is 10.2. The Morgan fingerprint density at radius 1 is 1.03 bits per heavy atom. The lowest BCUT2D eigenvalue weighted by Gasteiger charge is -2.35. The van der Waals surface area contributed by atoms with Crippen LogP contribution >= 0.6 is 0 Å². The Morgan fingerprint density at radius 2 is 1.86 bits per heavy atom. The van der Waals surface area contributed by atoms with Gasteiger partial charge in [0.15, 0.2) is 11.5 Å². The van der Waals surface area contributed by atoms with Crippen LogP contribution in [0.1, 0.15) is 16.8 Å². The van der Waals surface area contributed by atoms with E-state index in [1.54, 1.807) is 0 Å². The zero-order valence-electron chi connectivity index (χ0n) is 17.2. The molecule has 7 heteroatoms. The predicted molar refractivity (Wildman–Crippen MR) is 114 cm³/mol. The molecule has 0 spiro atoms. The minimum absolute atomic E-state index is 0.0913. The van der Waals surface area contributed by atoms with E-state index in [2.05, 4.69) is 34.1 Å². The van der Waals surface area contributed by atoms with Gasteiger partial charge in [0.2, 0.25) is 0 Å². The number of hydrogen-bond acceptors (Lipinski definition) is 5. The van der Waals surface area contributed by atoms with Crippen LogP contribution < -0.4 is 0 Å². The Hall–Kier alpha value is -2.77. The average Bonchev–Trinajstić information content (AvgIpc) is 3.18. The van der Waals surface area contributed by atoms with Crippen molar-refractivity contribution < 1.29 is 4.79 Å². The number of aromatic nitrogens is 3. The molecular weight excluding hydrogens is 364 g/mol. The first kappa shape index (κ1) is 19.5. The third kappa shape index (κ3) is 4.46. The highest BCUT2D eigenvalue weighted by Crippen LogP contribution is 2.20. The molecule has 3 heterocycles. The van der Waals surface area contributed by atoms with E-state index in [-0.39, 0.29) is 5.91 Å². The molecule has 152 valence electrons. The van der Waals surface area contributed by atoms with Gasteiger partial charge in [-0.1, -0.05) is 18.2 Å². The highest BCUT2D eigenvalue weighted by molar-refractivity contribution is 5.95. The van der Waals surface area contributed by atoms with Crippen molar-refractivity contribution >= 4 is 11.6 Å². The zero-order chi connectivity index (χ0) is 20.2. The quantitative estimate of drug-likeness (QED) is 0.643. The Morgan fingerprint density at radius 3 is 2.66 bits per heavy atom. The fourth-order valence-corrected chi connectivity index (χ4v) is 3.80. The zero-order valence-corrected chi connectivity index (χ0v) is 17.2. The van der Waals surface area contributed by atoms with Gasteiger partial charge in [0.25, 0.3) is 5.91 Å². The van der Waals surface area contributed by atoms with E-state index in [0.29, 0.717) is 5.56 Å². The number of nitrogens with zero attached hydrogens (tertiary/aromatic N) is 6. The summed E-state index contributed by atoms with van der Waals surface area (Å²) in [6, 6.07) is 13.5. The molecule has 0 unspecified atom stereocenters. The van der Waals surface area contributed by atoms with E-state index in [4.69, 9.17) is 0 Å². The largest absolute Gasteiger partial charge is 0.336 e. The number of carbonyl (C=O) groups excluding carboxylic acids is 1. The molecule has 0 saturated carbocycles. The second kappa shape index (κ2) is 8.71. The number of piperazine rings is 1. The van der Waals surface area contributed by atoms with Crippen LogP contribution in [-0.4, -0.2) is 88.6 Å². The molecule has 1 saturated heterocycles. The highest BCUT2D eigenvalue weighted by atomic mass is 16.2. The Labute approximate surface area is 171 Å². The van der Waals surface area contributed by atoms with Gasteiger partial charge < -0.3 is 9.80 Å². The van der Waals surface area contributed by atoms with Crippen LogP contribution in [0, 0.1) is 0 Å². The maximum Gasteiger partial charge on any atom is 0.253 e. The molecule has 0 atom stereocenters. The molecule has 1 aromatic carbocycles. The number of carbonyl (C=O) groups is 1. The minimum Gasteiger partial charge on any atom is -0.336 e. The van der Waals surface area contributed by atoms with Crippen molar-refractivity contribution in [3.8, 4) is 11.4 Å². The standard InChI is InChI=1S/C22H28N6O/c1-25(2)10-6-11-26-13-15-27(16-14-26)22(29)19-8-5-7-18(17-19)21-24-23-20-9-3-4-12-28(20)21/h3-5,7-9,12,17H,6,10-11,13-16H2,1-2H3. The Bertz CT molecular complexity index is 974. The Balaban J connectivity index is 1.42. The average molecular weight is 393 g/mol. The molecule has 0 radical (unpaired) electrons. The van der Waals surface area contributed by atoms with Gasteiger partial charge in [-0.25, -0.2) is 0 Å². The molecule has 4 rings (SSSR count). The smallest absolute Gasteiger partial charge is 0.253 e. The molecule has 0 N–H and O–H groups in total. The number of rotatable bonds is 6. The fourth-order valence-electron chi connectivity index (χ4n) is 3.80. The van der Waals surface area contributed by atoms with E-state index in [0.717, 1.165) is 62.7 Å². The molecule has 1 aliphatic rings. The van der Waals surface area contributed by atoms with Gasteiger partial charge in [0.1, 0.15) is 0 Å². The summed E-state index contributed by atoms with van der Waals surface area (Å²) in [4.78, 5) is 19.7. The van der Waals surface area contributed by atoms with Gasteiger partial charge >= 0.3 is 0 Å². The molecule has 2 aromatic heterocycles. The van der Waals surface area contributed by atoms with E-state index in [1.165, 1.54) is 0 Å². The predicted octanol–water partition coefficient (Wildman–Crippen LogP) is 2.11. The summed E-state index contributed by atoms with van der Waals surface area (Å²) in [6.07, 6.45) is 3.10. The van der Waals surface area contributed by atoms with Crippen molar-refractivity contribution in [2.75, 3.05) is 53.4 Å². The van der Waals surface area contributed by atoms with Crippen LogP contribution in [0.3, 0.4) is 0 Å². The van der Waals surface area contributed by atoms with Crippen molar-refractivity contribution in [3.63, 3.8) is 0 Å². The molecule has 0 aliphatic carbocycles. The van der Waals surface area contributed by atoms with Crippen LogP contribution in [0.5, 0.6) is 0 Å². The number of amides is 1. The molecule has 7 nitrogen and oxygen atoms in total. The highest BCUT2D eigenvalue weighted by Gasteiger charge is 2.22. The molecule has 1 amide bonds. The van der Waals surface area contributed by atoms with Crippen LogP contribution in [0.15, 0.2) is 48.7 Å². The van der Waals surface area contributed by atoms with Crippen molar-refractivity contribution in [2.45, 2.75) is 6.42 Å². The molecule has 0 bridgehead atoms. The molecule has 3 aromatic rings. The lowest BCUT2D eigenvalue weighted by molar-refractivity contribution is 0.0634. The van der Waals surface area contributed by atoms with Crippen molar-refractivity contribution in [1.82, 2.24) is 29.3 Å². The van der Waals surface area contributed by atoms with Gasteiger partial charge in [-0.3, -0.25) is 14.1 Å². The summed E-state index contributed by atoms with van der Waals surface area (Å²) in [5.74, 6) is 0.842. The number of benzene rings is 1. The summed E-state index contributed by atoms with van der Waals surface area (Å²) < 4.78 is 1.94. The molecule has 1 aliphatic heterocycles. The second-order valence-corrected chi connectivity index (χ2v) is 7.82. The second-order valence-electron chi connectivity index (χ2n) is 7.82. The number of fused-ring (bicyclic) bond motifs is 1. The van der Waals surface area contributed by atoms with Gasteiger partial charge in [0.05, 0.1) is 0 Å². The molecule has 29 heavy (non-hydrogen) atoms. The summed E-state index contributed by atoms with van der Waals surface area (Å²) in [6.45, 7) is 5.62. The summed E-state index contributed by atoms with van der Waals surface area (Å²) in [5, 5.41) is 8.52. The maximum absolute atomic E-state index is 13.1. The van der Waals surface area contributed by atoms with Gasteiger partial charge in [-0.15, -0.1) is 10.2 Å². The first-order chi connectivity index (χ1) is 14.1.